The van der Waals surface area contributed by atoms with Crippen LogP contribution in [0, 0.1) is 11.3 Å². The first-order chi connectivity index (χ1) is 9.60. The molecule has 4 nitrogen and oxygen atoms in total. The molecule has 1 amide bonds. The van der Waals surface area contributed by atoms with E-state index in [0.717, 1.165) is 10.4 Å². The van der Waals surface area contributed by atoms with Crippen LogP contribution in [0.2, 0.25) is 0 Å². The van der Waals surface area contributed by atoms with Crippen LogP contribution in [-0.2, 0) is 6.54 Å². The molecule has 0 saturated carbocycles. The first-order valence-corrected chi connectivity index (χ1v) is 7.09. The number of nitrogens with zero attached hydrogens (tertiary/aromatic N) is 1. The summed E-state index contributed by atoms with van der Waals surface area (Å²) in [6, 6.07) is 11.6. The molecule has 0 aliphatic heterocycles. The highest BCUT2D eigenvalue weighted by Gasteiger charge is 2.08. The average Bonchev–Trinajstić information content (AvgIpc) is 2.94. The quantitative estimate of drug-likeness (QED) is 0.886. The standard InChI is InChI=1S/C15H15N3OS/c1-10(12-4-2-11(7-16)3-5-12)18-8-14-6-13(9-20-14)15(17)19/h2-6,9-10,18H,8H2,1H3,(H2,17,19). The van der Waals surface area contributed by atoms with Crippen molar-refractivity contribution in [3.63, 3.8) is 0 Å². The number of rotatable bonds is 5. The van der Waals surface area contributed by atoms with Crippen LogP contribution < -0.4 is 11.1 Å². The number of thiophene rings is 1. The predicted molar refractivity (Wildman–Crippen MR) is 79.2 cm³/mol. The number of primary amides is 1. The van der Waals surface area contributed by atoms with Gasteiger partial charge in [-0.3, -0.25) is 4.79 Å². The third kappa shape index (κ3) is 3.44. The Morgan fingerprint density at radius 1 is 1.45 bits per heavy atom. The first kappa shape index (κ1) is 14.3. The van der Waals surface area contributed by atoms with Gasteiger partial charge >= 0.3 is 0 Å². The van der Waals surface area contributed by atoms with Gasteiger partial charge in [-0.2, -0.15) is 5.26 Å². The summed E-state index contributed by atoms with van der Waals surface area (Å²) < 4.78 is 0. The van der Waals surface area contributed by atoms with Crippen LogP contribution in [0.1, 0.15) is 39.3 Å². The van der Waals surface area contributed by atoms with Gasteiger partial charge in [0.05, 0.1) is 17.2 Å². The van der Waals surface area contributed by atoms with Crippen LogP contribution in [0.15, 0.2) is 35.7 Å². The molecule has 1 atom stereocenters. The van der Waals surface area contributed by atoms with Crippen LogP contribution in [0.25, 0.3) is 0 Å². The number of amides is 1. The van der Waals surface area contributed by atoms with Crippen LogP contribution in [0.4, 0.5) is 0 Å². The van der Waals surface area contributed by atoms with E-state index in [1.807, 2.05) is 30.3 Å². The monoisotopic (exact) mass is 285 g/mol. The minimum atomic E-state index is -0.396. The van der Waals surface area contributed by atoms with Crippen molar-refractivity contribution in [1.82, 2.24) is 5.32 Å². The maximum absolute atomic E-state index is 11.0. The number of hydrogen-bond donors (Lipinski definition) is 2. The van der Waals surface area contributed by atoms with Gasteiger partial charge in [-0.05, 0) is 30.7 Å². The molecule has 102 valence electrons. The summed E-state index contributed by atoms with van der Waals surface area (Å²) in [5, 5.41) is 13.9. The van der Waals surface area contributed by atoms with Crippen molar-refractivity contribution in [2.75, 3.05) is 0 Å². The first-order valence-electron chi connectivity index (χ1n) is 6.21. The molecule has 1 aromatic heterocycles. The fraction of sp³-hybridized carbons (Fsp3) is 0.200. The summed E-state index contributed by atoms with van der Waals surface area (Å²) in [5.41, 5.74) is 7.55. The van der Waals surface area contributed by atoms with Gasteiger partial charge in [0, 0.05) is 22.8 Å². The second-order valence-electron chi connectivity index (χ2n) is 4.50. The average molecular weight is 285 g/mol. The zero-order valence-electron chi connectivity index (χ0n) is 11.1. The second kappa shape index (κ2) is 6.33. The smallest absolute Gasteiger partial charge is 0.249 e. The fourth-order valence-corrected chi connectivity index (χ4v) is 2.64. The maximum Gasteiger partial charge on any atom is 0.249 e. The zero-order chi connectivity index (χ0) is 14.5. The van der Waals surface area contributed by atoms with E-state index in [2.05, 4.69) is 18.3 Å². The molecule has 2 rings (SSSR count). The van der Waals surface area contributed by atoms with Gasteiger partial charge in [0.15, 0.2) is 0 Å². The Morgan fingerprint density at radius 2 is 2.15 bits per heavy atom. The van der Waals surface area contributed by atoms with E-state index >= 15 is 0 Å². The Morgan fingerprint density at radius 3 is 2.70 bits per heavy atom. The third-order valence-electron chi connectivity index (χ3n) is 3.06. The highest BCUT2D eigenvalue weighted by molar-refractivity contribution is 7.10. The maximum atomic E-state index is 11.0. The van der Waals surface area contributed by atoms with Crippen molar-refractivity contribution in [2.45, 2.75) is 19.5 Å². The van der Waals surface area contributed by atoms with E-state index in [4.69, 9.17) is 11.0 Å². The number of nitrogens with one attached hydrogen (secondary N) is 1. The van der Waals surface area contributed by atoms with Crippen LogP contribution >= 0.6 is 11.3 Å². The molecule has 0 saturated heterocycles. The van der Waals surface area contributed by atoms with Crippen molar-refractivity contribution in [1.29, 1.82) is 5.26 Å². The second-order valence-corrected chi connectivity index (χ2v) is 5.50. The lowest BCUT2D eigenvalue weighted by Gasteiger charge is -2.13. The number of carbonyl (C=O) groups excluding carboxylic acids is 1. The Bertz CT molecular complexity index is 640. The molecular weight excluding hydrogens is 270 g/mol. The molecule has 0 bridgehead atoms. The Kier molecular flexibility index (Phi) is 4.51. The molecule has 1 unspecified atom stereocenters. The van der Waals surface area contributed by atoms with E-state index in [9.17, 15) is 4.79 Å². The van der Waals surface area contributed by atoms with Crippen molar-refractivity contribution in [3.8, 4) is 6.07 Å². The Hall–Kier alpha value is -2.16. The number of benzene rings is 1. The highest BCUT2D eigenvalue weighted by atomic mass is 32.1. The van der Waals surface area contributed by atoms with Gasteiger partial charge in [0.1, 0.15) is 0 Å². The van der Waals surface area contributed by atoms with Gasteiger partial charge < -0.3 is 11.1 Å². The van der Waals surface area contributed by atoms with Crippen LogP contribution in [-0.4, -0.2) is 5.91 Å². The Balaban J connectivity index is 1.95. The molecule has 0 spiro atoms. The van der Waals surface area contributed by atoms with Crippen molar-refractivity contribution in [3.05, 3.63) is 57.3 Å². The molecule has 0 radical (unpaired) electrons. The van der Waals surface area contributed by atoms with Crippen molar-refractivity contribution in [2.24, 2.45) is 5.73 Å². The van der Waals surface area contributed by atoms with Crippen molar-refractivity contribution >= 4 is 17.2 Å². The largest absolute Gasteiger partial charge is 0.366 e. The molecule has 0 fully saturated rings. The van der Waals surface area contributed by atoms with Crippen molar-refractivity contribution < 1.29 is 4.79 Å². The summed E-state index contributed by atoms with van der Waals surface area (Å²) in [7, 11) is 0. The lowest BCUT2D eigenvalue weighted by atomic mass is 10.1. The van der Waals surface area contributed by atoms with Gasteiger partial charge in [-0.15, -0.1) is 11.3 Å². The topological polar surface area (TPSA) is 78.9 Å². The SMILES string of the molecule is CC(NCc1cc(C(N)=O)cs1)c1ccc(C#N)cc1. The van der Waals surface area contributed by atoms with Crippen LogP contribution in [0.5, 0.6) is 0 Å². The lowest BCUT2D eigenvalue weighted by Crippen LogP contribution is -2.17. The molecular formula is C15H15N3OS. The van der Waals surface area contributed by atoms with Gasteiger partial charge in [0.25, 0.3) is 0 Å². The minimum absolute atomic E-state index is 0.168. The summed E-state index contributed by atoms with van der Waals surface area (Å²) in [5.74, 6) is -0.396. The molecule has 1 heterocycles. The highest BCUT2D eigenvalue weighted by Crippen LogP contribution is 2.17. The Labute approximate surface area is 121 Å². The van der Waals surface area contributed by atoms with E-state index in [-0.39, 0.29) is 6.04 Å². The molecule has 5 heteroatoms. The molecule has 20 heavy (non-hydrogen) atoms. The zero-order valence-corrected chi connectivity index (χ0v) is 11.9. The van der Waals surface area contributed by atoms with Gasteiger partial charge in [-0.25, -0.2) is 0 Å². The van der Waals surface area contributed by atoms with Gasteiger partial charge in [0.2, 0.25) is 5.91 Å². The predicted octanol–water partition coefficient (Wildman–Crippen LogP) is 2.57. The normalized spacial score (nSPS) is 11.8. The fourth-order valence-electron chi connectivity index (χ4n) is 1.82. The molecule has 3 N–H and O–H groups in total. The van der Waals surface area contributed by atoms with Gasteiger partial charge in [-0.1, -0.05) is 12.1 Å². The summed E-state index contributed by atoms with van der Waals surface area (Å²) >= 11 is 1.51. The number of carbonyl (C=O) groups is 1. The molecule has 1 aromatic carbocycles. The minimum Gasteiger partial charge on any atom is -0.366 e. The molecule has 0 aliphatic rings. The molecule has 0 aliphatic carbocycles. The number of nitriles is 1. The van der Waals surface area contributed by atoms with E-state index in [1.54, 1.807) is 5.38 Å². The molecule has 2 aromatic rings. The summed E-state index contributed by atoms with van der Waals surface area (Å²) in [6.45, 7) is 2.74. The van der Waals surface area contributed by atoms with E-state index < -0.39 is 5.91 Å². The number of nitrogens with two attached hydrogens (primary N) is 1. The number of hydrogen-bond acceptors (Lipinski definition) is 4. The van der Waals surface area contributed by atoms with Crippen LogP contribution in [0.3, 0.4) is 0 Å². The van der Waals surface area contributed by atoms with E-state index in [0.29, 0.717) is 17.7 Å². The van der Waals surface area contributed by atoms with E-state index in [1.165, 1.54) is 11.3 Å². The third-order valence-corrected chi connectivity index (χ3v) is 4.00. The lowest BCUT2D eigenvalue weighted by molar-refractivity contribution is 0.100. The summed E-state index contributed by atoms with van der Waals surface area (Å²) in [4.78, 5) is 12.1. The summed E-state index contributed by atoms with van der Waals surface area (Å²) in [6.07, 6.45) is 0.